The second-order valence-electron chi connectivity index (χ2n) is 14.5. The first-order valence-electron chi connectivity index (χ1n) is 19.3. The third-order valence-corrected chi connectivity index (χ3v) is 11.4. The molecule has 5 aromatic rings. The van der Waals surface area contributed by atoms with Gasteiger partial charge in [-0.3, -0.25) is 19.4 Å². The van der Waals surface area contributed by atoms with Gasteiger partial charge >= 0.3 is 6.09 Å². The Labute approximate surface area is 322 Å². The van der Waals surface area contributed by atoms with Gasteiger partial charge in [0.15, 0.2) is 0 Å². The summed E-state index contributed by atoms with van der Waals surface area (Å²) < 4.78 is 0. The zero-order valence-electron chi connectivity index (χ0n) is 32.0. The first-order chi connectivity index (χ1) is 26.7. The molecule has 0 radical (unpaired) electrons. The summed E-state index contributed by atoms with van der Waals surface area (Å²) in [6.45, 7) is 8.69. The summed E-state index contributed by atoms with van der Waals surface area (Å²) in [5, 5.41) is 9.35. The molecule has 0 aliphatic carbocycles. The number of likely N-dealkylation sites (tertiary alicyclic amines) is 2. The maximum atomic E-state index is 14.2. The second-order valence-corrected chi connectivity index (χ2v) is 14.5. The number of likely N-dealkylation sites (N-methyl/N-ethyl adjacent to an activating group) is 2. The summed E-state index contributed by atoms with van der Waals surface area (Å²) in [4.78, 5) is 62.2. The zero-order valence-corrected chi connectivity index (χ0v) is 32.0. The van der Waals surface area contributed by atoms with E-state index >= 15 is 0 Å². The topological polar surface area (TPSA) is 142 Å². The number of aromatic nitrogens is 4. The number of carboxylic acid groups (broad SMARTS) is 1. The standard InChI is InChI=1S/C43H50N8O4/c1-5-49(6-2)38(33-12-8-7-9-13-33)42(53)51-25-11-15-37(51)40-45-27-35(47-40)32-22-18-30(19-23-32)29-16-20-31(21-17-29)34-26-44-39(46-34)36-14-10-24-50(36)41(52)28(3)48(4)43(54)55/h7-9,12-13,16-23,26-28,36-38H,5-6,10-11,14-15,24-25H2,1-4H3,(H,44,46)(H,45,47)(H,54,55)/t28-,36-,37-,38+/m0/s1. The van der Waals surface area contributed by atoms with Crippen molar-refractivity contribution in [2.75, 3.05) is 33.2 Å². The Hall–Kier alpha value is -5.75. The average Bonchev–Trinajstić information content (AvgIpc) is 4.06. The molecule has 4 heterocycles. The molecule has 2 aliphatic heterocycles. The number of imidazole rings is 2. The van der Waals surface area contributed by atoms with Crippen molar-refractivity contribution < 1.29 is 19.5 Å². The summed E-state index contributed by atoms with van der Waals surface area (Å²) >= 11 is 0. The fourth-order valence-electron chi connectivity index (χ4n) is 8.08. The Balaban J connectivity index is 1.02. The Kier molecular flexibility index (Phi) is 11.1. The van der Waals surface area contributed by atoms with Crippen LogP contribution in [0.4, 0.5) is 4.79 Å². The highest BCUT2D eigenvalue weighted by atomic mass is 16.4. The van der Waals surface area contributed by atoms with Crippen molar-refractivity contribution >= 4 is 17.9 Å². The number of carbonyl (C=O) groups is 3. The Morgan fingerprint density at radius 2 is 1.18 bits per heavy atom. The van der Waals surface area contributed by atoms with Crippen molar-refractivity contribution in [3.63, 3.8) is 0 Å². The van der Waals surface area contributed by atoms with E-state index in [4.69, 9.17) is 4.98 Å². The first kappa shape index (κ1) is 37.6. The molecule has 2 saturated heterocycles. The maximum Gasteiger partial charge on any atom is 0.407 e. The third kappa shape index (κ3) is 7.64. The van der Waals surface area contributed by atoms with E-state index in [0.717, 1.165) is 88.7 Å². The van der Waals surface area contributed by atoms with E-state index in [1.54, 1.807) is 18.0 Å². The summed E-state index contributed by atoms with van der Waals surface area (Å²) in [5.41, 5.74) is 6.95. The van der Waals surface area contributed by atoms with Gasteiger partial charge in [0.1, 0.15) is 23.7 Å². The minimum absolute atomic E-state index is 0.0964. The van der Waals surface area contributed by atoms with E-state index in [0.29, 0.717) is 18.9 Å². The van der Waals surface area contributed by atoms with Crippen LogP contribution in [-0.2, 0) is 9.59 Å². The predicted molar refractivity (Wildman–Crippen MR) is 212 cm³/mol. The van der Waals surface area contributed by atoms with Crippen molar-refractivity contribution in [1.82, 2.24) is 39.5 Å². The predicted octanol–water partition coefficient (Wildman–Crippen LogP) is 7.54. The number of amides is 3. The lowest BCUT2D eigenvalue weighted by Gasteiger charge is -2.34. The van der Waals surface area contributed by atoms with Crippen LogP contribution in [0.15, 0.2) is 91.3 Å². The molecule has 0 unspecified atom stereocenters. The SMILES string of the molecule is CCN(CC)[C@@H](C(=O)N1CCC[C@H]1c1ncc(-c2ccc(-c3ccc(-c4cnc([C@@H]5CCCN5C(=O)[C@H](C)N(C)C(=O)O)[nH]4)cc3)cc2)[nH]1)c1ccccc1. The van der Waals surface area contributed by atoms with Crippen molar-refractivity contribution in [2.45, 2.75) is 70.6 Å². The number of aromatic amines is 2. The van der Waals surface area contributed by atoms with Gasteiger partial charge in [-0.15, -0.1) is 0 Å². The lowest BCUT2D eigenvalue weighted by molar-refractivity contribution is -0.138. The van der Waals surface area contributed by atoms with Crippen molar-refractivity contribution in [3.8, 4) is 33.6 Å². The van der Waals surface area contributed by atoms with Crippen molar-refractivity contribution in [3.05, 3.63) is 108 Å². The molecule has 3 aromatic carbocycles. The van der Waals surface area contributed by atoms with Gasteiger partial charge in [0, 0.05) is 20.1 Å². The van der Waals surface area contributed by atoms with E-state index in [1.807, 2.05) is 29.3 Å². The molecule has 3 amide bonds. The number of rotatable bonds is 12. The normalized spacial score (nSPS) is 18.1. The van der Waals surface area contributed by atoms with Crippen LogP contribution in [0, 0.1) is 0 Å². The van der Waals surface area contributed by atoms with Gasteiger partial charge in [-0.05, 0) is 73.5 Å². The van der Waals surface area contributed by atoms with Crippen LogP contribution in [0.25, 0.3) is 33.6 Å². The number of H-pyrrole nitrogens is 2. The smallest absolute Gasteiger partial charge is 0.407 e. The maximum absolute atomic E-state index is 14.2. The minimum Gasteiger partial charge on any atom is -0.465 e. The van der Waals surface area contributed by atoms with Crippen LogP contribution >= 0.6 is 0 Å². The molecule has 3 N–H and O–H groups in total. The molecule has 2 aliphatic rings. The van der Waals surface area contributed by atoms with Gasteiger partial charge in [-0.2, -0.15) is 0 Å². The number of nitrogens with one attached hydrogen (secondary N) is 2. The molecule has 2 fully saturated rings. The Morgan fingerprint density at radius 1 is 0.727 bits per heavy atom. The quantitative estimate of drug-likeness (QED) is 0.120. The van der Waals surface area contributed by atoms with Crippen LogP contribution in [0.2, 0.25) is 0 Å². The molecule has 12 nitrogen and oxygen atoms in total. The molecule has 0 spiro atoms. The van der Waals surface area contributed by atoms with Gasteiger partial charge in [0.2, 0.25) is 11.8 Å². The largest absolute Gasteiger partial charge is 0.465 e. The molecule has 0 bridgehead atoms. The molecule has 286 valence electrons. The van der Waals surface area contributed by atoms with Crippen LogP contribution < -0.4 is 0 Å². The van der Waals surface area contributed by atoms with Crippen molar-refractivity contribution in [1.29, 1.82) is 0 Å². The molecule has 12 heteroatoms. The number of benzene rings is 3. The molecule has 7 rings (SSSR count). The van der Waals surface area contributed by atoms with E-state index in [2.05, 4.69) is 94.4 Å². The summed E-state index contributed by atoms with van der Waals surface area (Å²) in [5.74, 6) is 1.44. The van der Waals surface area contributed by atoms with Crippen molar-refractivity contribution in [2.24, 2.45) is 0 Å². The summed E-state index contributed by atoms with van der Waals surface area (Å²) in [6, 6.07) is 25.3. The molecule has 4 atom stereocenters. The minimum atomic E-state index is -1.13. The van der Waals surface area contributed by atoms with Gasteiger partial charge in [-0.1, -0.05) is 92.7 Å². The van der Waals surface area contributed by atoms with E-state index in [-0.39, 0.29) is 29.9 Å². The number of nitrogens with zero attached hydrogens (tertiary/aromatic N) is 6. The molecular weight excluding hydrogens is 693 g/mol. The summed E-state index contributed by atoms with van der Waals surface area (Å²) in [6.07, 6.45) is 5.94. The average molecular weight is 743 g/mol. The lowest BCUT2D eigenvalue weighted by Crippen LogP contribution is -2.47. The summed E-state index contributed by atoms with van der Waals surface area (Å²) in [7, 11) is 1.42. The molecule has 55 heavy (non-hydrogen) atoms. The van der Waals surface area contributed by atoms with Gasteiger partial charge in [-0.25, -0.2) is 14.8 Å². The Morgan fingerprint density at radius 3 is 1.64 bits per heavy atom. The molecule has 0 saturated carbocycles. The highest BCUT2D eigenvalue weighted by Gasteiger charge is 2.38. The van der Waals surface area contributed by atoms with Crippen LogP contribution in [0.5, 0.6) is 0 Å². The number of carbonyl (C=O) groups excluding carboxylic acids is 2. The molecular formula is C43H50N8O4. The highest BCUT2D eigenvalue weighted by Crippen LogP contribution is 2.36. The van der Waals surface area contributed by atoms with Gasteiger partial charge < -0.3 is 24.9 Å². The lowest BCUT2D eigenvalue weighted by atomic mass is 10.0. The van der Waals surface area contributed by atoms with Crippen LogP contribution in [0.1, 0.15) is 81.8 Å². The van der Waals surface area contributed by atoms with E-state index in [1.165, 1.54) is 7.05 Å². The highest BCUT2D eigenvalue weighted by molar-refractivity contribution is 5.85. The van der Waals surface area contributed by atoms with Crippen LogP contribution in [-0.4, -0.2) is 102 Å². The van der Waals surface area contributed by atoms with Gasteiger partial charge in [0.25, 0.3) is 0 Å². The fourth-order valence-corrected chi connectivity index (χ4v) is 8.08. The fraction of sp³-hybridized carbons (Fsp3) is 0.372. The number of hydrogen-bond donors (Lipinski definition) is 3. The van der Waals surface area contributed by atoms with E-state index in [9.17, 15) is 19.5 Å². The number of hydrogen-bond acceptors (Lipinski definition) is 6. The monoisotopic (exact) mass is 742 g/mol. The van der Waals surface area contributed by atoms with E-state index < -0.39 is 12.1 Å². The first-order valence-corrected chi connectivity index (χ1v) is 19.3. The second kappa shape index (κ2) is 16.3. The molecule has 2 aromatic heterocycles. The zero-order chi connectivity index (χ0) is 38.6. The van der Waals surface area contributed by atoms with Gasteiger partial charge in [0.05, 0.1) is 35.9 Å². The third-order valence-electron chi connectivity index (χ3n) is 11.4. The Bertz CT molecular complexity index is 2090. The van der Waals surface area contributed by atoms with Crippen LogP contribution in [0.3, 0.4) is 0 Å².